The van der Waals surface area contributed by atoms with Crippen molar-refractivity contribution < 1.29 is 34.8 Å². The van der Waals surface area contributed by atoms with Gasteiger partial charge in [-0.05, 0) is 66.6 Å². The third-order valence-corrected chi connectivity index (χ3v) is 9.03. The number of primary amides is 1. The molecule has 3 aliphatic rings. The number of fused-ring (bicyclic) bond motifs is 3. The van der Waals surface area contributed by atoms with Gasteiger partial charge >= 0.3 is 0 Å². The summed E-state index contributed by atoms with van der Waals surface area (Å²) in [5, 5.41) is 45.0. The number of nitrogens with two attached hydrogens (primary N) is 1. The molecule has 2 fully saturated rings. The van der Waals surface area contributed by atoms with Crippen molar-refractivity contribution in [3.8, 4) is 16.9 Å². The number of benzene rings is 2. The molecular formula is C31H36N2O7. The van der Waals surface area contributed by atoms with Gasteiger partial charge in [0, 0.05) is 17.5 Å². The number of aromatic hydroxyl groups is 1. The summed E-state index contributed by atoms with van der Waals surface area (Å²) in [5.41, 5.74) is 6.09. The zero-order valence-corrected chi connectivity index (χ0v) is 23.3. The maximum atomic E-state index is 14.0. The van der Waals surface area contributed by atoms with Crippen LogP contribution in [0.5, 0.6) is 5.75 Å². The second kappa shape index (κ2) is 9.26. The summed E-state index contributed by atoms with van der Waals surface area (Å²) < 4.78 is 0. The number of carbonyl (C=O) groups excluding carboxylic acids is 3. The molecule has 0 bridgehead atoms. The van der Waals surface area contributed by atoms with Crippen LogP contribution in [0.3, 0.4) is 0 Å². The summed E-state index contributed by atoms with van der Waals surface area (Å²) in [6.07, 6.45) is -1.19. The molecule has 0 aromatic heterocycles. The van der Waals surface area contributed by atoms with E-state index < -0.39 is 58.7 Å². The van der Waals surface area contributed by atoms with Crippen LogP contribution in [0.1, 0.15) is 43.9 Å². The second-order valence-corrected chi connectivity index (χ2v) is 12.6. The summed E-state index contributed by atoms with van der Waals surface area (Å²) >= 11 is 0. The van der Waals surface area contributed by atoms with Crippen molar-refractivity contribution in [1.29, 1.82) is 0 Å². The number of Topliss-reactive ketones (excluding diaryl/α,β-unsaturated/α-hetero) is 2. The molecule has 0 radical (unpaired) electrons. The van der Waals surface area contributed by atoms with Gasteiger partial charge in [0.15, 0.2) is 11.4 Å². The summed E-state index contributed by atoms with van der Waals surface area (Å²) in [5.74, 6) is -7.50. The number of aliphatic hydroxyl groups excluding tert-OH is 2. The number of ketones is 2. The smallest absolute Gasteiger partial charge is 0.230 e. The number of amides is 1. The highest BCUT2D eigenvalue weighted by Gasteiger charge is 2.67. The molecule has 3 aliphatic carbocycles. The minimum Gasteiger partial charge on any atom is -0.507 e. The van der Waals surface area contributed by atoms with Gasteiger partial charge in [0.05, 0.1) is 11.7 Å². The summed E-state index contributed by atoms with van der Waals surface area (Å²) in [7, 11) is 3.26. The molecule has 0 spiro atoms. The third kappa shape index (κ3) is 3.90. The van der Waals surface area contributed by atoms with Gasteiger partial charge < -0.3 is 31.1 Å². The lowest BCUT2D eigenvalue weighted by molar-refractivity contribution is -0.184. The van der Waals surface area contributed by atoms with Crippen LogP contribution in [0.4, 0.5) is 0 Å². The van der Waals surface area contributed by atoms with Crippen molar-refractivity contribution in [3.63, 3.8) is 0 Å². The van der Waals surface area contributed by atoms with Crippen molar-refractivity contribution >= 4 is 23.2 Å². The fraction of sp³-hybridized carbons (Fsp3) is 0.452. The highest BCUT2D eigenvalue weighted by molar-refractivity contribution is 6.25. The number of rotatable bonds is 3. The zero-order chi connectivity index (χ0) is 29.5. The average Bonchev–Trinajstić information content (AvgIpc) is 2.85. The van der Waals surface area contributed by atoms with Crippen LogP contribution in [0.2, 0.25) is 0 Å². The molecule has 0 aliphatic heterocycles. The predicted molar refractivity (Wildman–Crippen MR) is 148 cm³/mol. The van der Waals surface area contributed by atoms with Gasteiger partial charge in [0.2, 0.25) is 11.7 Å². The molecule has 0 heterocycles. The monoisotopic (exact) mass is 548 g/mol. The molecule has 1 amide bonds. The van der Waals surface area contributed by atoms with Gasteiger partial charge in [-0.25, -0.2) is 0 Å². The number of carbonyl (C=O) groups is 3. The molecule has 0 saturated heterocycles. The number of likely N-dealkylation sites (N-methyl/N-ethyl adjacent to an activating group) is 1. The Balaban J connectivity index is 1.67. The van der Waals surface area contributed by atoms with Crippen molar-refractivity contribution in [2.75, 3.05) is 14.1 Å². The molecule has 2 aromatic carbocycles. The number of nitrogens with zero attached hydrogens (tertiary/aromatic N) is 1. The topological polar surface area (TPSA) is 161 Å². The van der Waals surface area contributed by atoms with Gasteiger partial charge in [0.25, 0.3) is 0 Å². The Hall–Kier alpha value is -3.53. The summed E-state index contributed by atoms with van der Waals surface area (Å²) in [6, 6.07) is 10.3. The number of hydrogen-bond donors (Lipinski definition) is 5. The molecule has 2 aromatic rings. The van der Waals surface area contributed by atoms with Crippen molar-refractivity contribution in [1.82, 2.24) is 4.90 Å². The molecule has 40 heavy (non-hydrogen) atoms. The van der Waals surface area contributed by atoms with Gasteiger partial charge in [-0.2, -0.15) is 0 Å². The van der Waals surface area contributed by atoms with E-state index >= 15 is 0 Å². The molecule has 9 nitrogen and oxygen atoms in total. The van der Waals surface area contributed by atoms with Gasteiger partial charge in [-0.15, -0.1) is 0 Å². The van der Waals surface area contributed by atoms with Crippen molar-refractivity contribution in [3.05, 3.63) is 58.7 Å². The van der Waals surface area contributed by atoms with Gasteiger partial charge in [0.1, 0.15) is 17.4 Å². The van der Waals surface area contributed by atoms with Crippen LogP contribution in [-0.2, 0) is 26.2 Å². The van der Waals surface area contributed by atoms with Gasteiger partial charge in [-0.1, -0.05) is 51.1 Å². The van der Waals surface area contributed by atoms with E-state index in [2.05, 4.69) is 20.8 Å². The minimum atomic E-state index is -2.67. The van der Waals surface area contributed by atoms with Gasteiger partial charge in [-0.3, -0.25) is 14.4 Å². The Bertz CT molecular complexity index is 1450. The molecule has 6 atom stereocenters. The Morgan fingerprint density at radius 1 is 1.05 bits per heavy atom. The second-order valence-electron chi connectivity index (χ2n) is 12.6. The molecule has 9 heteroatoms. The van der Waals surface area contributed by atoms with E-state index in [1.807, 2.05) is 24.3 Å². The lowest BCUT2D eigenvalue weighted by atomic mass is 9.54. The van der Waals surface area contributed by atoms with E-state index in [4.69, 9.17) is 5.73 Å². The number of hydrogen-bond acceptors (Lipinski definition) is 8. The standard InChI is InChI=1S/C31H36N2O7/c1-30(2,3)16-8-6-14(7-9-16)17-10-11-20(34)22-18(17)12-15-13-19-24(33(4)5)26(36)23(29(32)39)28(38)31(19,40)27(37)21(15)25(22)35/h6-11,15,19,23-24,26,34-36,40H,12-13H2,1-5H3,(H2,32,39)/t15-,19-,23?,24?,26?,31-/m0/s1. The van der Waals surface area contributed by atoms with Crippen LogP contribution in [0.15, 0.2) is 42.0 Å². The van der Waals surface area contributed by atoms with Crippen molar-refractivity contribution in [2.45, 2.75) is 56.8 Å². The summed E-state index contributed by atoms with van der Waals surface area (Å²) in [6.45, 7) is 6.36. The molecule has 2 saturated carbocycles. The molecular weight excluding hydrogens is 512 g/mol. The minimum absolute atomic E-state index is 0.0411. The zero-order valence-electron chi connectivity index (χ0n) is 23.3. The predicted octanol–water partition coefficient (Wildman–Crippen LogP) is 2.09. The average molecular weight is 549 g/mol. The normalized spacial score (nSPS) is 30.1. The lowest BCUT2D eigenvalue weighted by Crippen LogP contribution is -2.73. The molecule has 3 unspecified atom stereocenters. The molecule has 212 valence electrons. The van der Waals surface area contributed by atoms with E-state index in [-0.39, 0.29) is 35.1 Å². The highest BCUT2D eigenvalue weighted by atomic mass is 16.3. The van der Waals surface area contributed by atoms with E-state index in [9.17, 15) is 34.8 Å². The van der Waals surface area contributed by atoms with Crippen molar-refractivity contribution in [2.24, 2.45) is 23.5 Å². The van der Waals surface area contributed by atoms with E-state index in [0.717, 1.165) is 16.7 Å². The Morgan fingerprint density at radius 3 is 2.23 bits per heavy atom. The van der Waals surface area contributed by atoms with Crippen LogP contribution in [0, 0.1) is 17.8 Å². The number of aliphatic hydroxyl groups is 3. The fourth-order valence-corrected chi connectivity index (χ4v) is 7.02. The van der Waals surface area contributed by atoms with Crippen LogP contribution in [0.25, 0.3) is 16.9 Å². The molecule has 5 rings (SSSR count). The summed E-state index contributed by atoms with van der Waals surface area (Å²) in [4.78, 5) is 41.2. The first kappa shape index (κ1) is 28.0. The SMILES string of the molecule is CN(C)C1C(O)C(C(N)=O)C(=O)[C@@]2(O)C(=O)C3=C(O)c4c(O)ccc(-c5ccc(C(C)(C)C)cc5)c4C[C@H]3C[C@@H]12. The Kier molecular flexibility index (Phi) is 6.48. The van der Waals surface area contributed by atoms with Crippen LogP contribution < -0.4 is 5.73 Å². The first-order valence-electron chi connectivity index (χ1n) is 13.4. The van der Waals surface area contributed by atoms with E-state index in [1.165, 1.54) is 6.07 Å². The highest BCUT2D eigenvalue weighted by Crippen LogP contribution is 2.53. The van der Waals surface area contributed by atoms with E-state index in [0.29, 0.717) is 5.56 Å². The number of phenolic OH excluding ortho intramolecular Hbond substituents is 1. The number of phenols is 1. The quantitative estimate of drug-likeness (QED) is 0.364. The largest absolute Gasteiger partial charge is 0.507 e. The molecule has 6 N–H and O–H groups in total. The Morgan fingerprint density at radius 2 is 1.68 bits per heavy atom. The Labute approximate surface area is 232 Å². The van der Waals surface area contributed by atoms with Crippen LogP contribution >= 0.6 is 0 Å². The fourth-order valence-electron chi connectivity index (χ4n) is 7.02. The van der Waals surface area contributed by atoms with Crippen LogP contribution in [-0.4, -0.2) is 74.6 Å². The van der Waals surface area contributed by atoms with E-state index in [1.54, 1.807) is 25.1 Å². The third-order valence-electron chi connectivity index (χ3n) is 9.03. The first-order valence-corrected chi connectivity index (χ1v) is 13.4. The maximum absolute atomic E-state index is 14.0. The lowest BCUT2D eigenvalue weighted by Gasteiger charge is -2.53. The maximum Gasteiger partial charge on any atom is 0.230 e. The first-order chi connectivity index (χ1) is 18.6.